The molecule has 98 valence electrons. The van der Waals surface area contributed by atoms with Crippen molar-refractivity contribution in [1.82, 2.24) is 4.90 Å². The Morgan fingerprint density at radius 1 is 1.39 bits per heavy atom. The minimum absolute atomic E-state index is 0.00996. The molecular formula is C12H17BrN4O. The van der Waals surface area contributed by atoms with E-state index in [1.54, 1.807) is 11.9 Å². The van der Waals surface area contributed by atoms with Gasteiger partial charge in [0.1, 0.15) is 0 Å². The summed E-state index contributed by atoms with van der Waals surface area (Å²) in [5.41, 5.74) is 11.5. The summed E-state index contributed by atoms with van der Waals surface area (Å²) >= 11 is 3.45. The van der Waals surface area contributed by atoms with Crippen LogP contribution < -0.4 is 11.5 Å². The molecule has 5 nitrogen and oxygen atoms in total. The molecule has 4 N–H and O–H groups in total. The molecule has 1 amide bonds. The second-order valence-corrected chi connectivity index (χ2v) is 4.75. The largest absolute Gasteiger partial charge is 0.370 e. The van der Waals surface area contributed by atoms with Crippen molar-refractivity contribution >= 4 is 27.8 Å². The molecule has 1 aromatic carbocycles. The van der Waals surface area contributed by atoms with Gasteiger partial charge in [0.25, 0.3) is 0 Å². The lowest BCUT2D eigenvalue weighted by molar-refractivity contribution is -0.130. The molecule has 0 aromatic heterocycles. The number of benzene rings is 1. The third-order valence-corrected chi connectivity index (χ3v) is 3.18. The first-order valence-electron chi connectivity index (χ1n) is 5.53. The maximum Gasteiger partial charge on any atom is 0.224 e. The van der Waals surface area contributed by atoms with Gasteiger partial charge in [-0.25, -0.2) is 0 Å². The van der Waals surface area contributed by atoms with E-state index >= 15 is 0 Å². The Labute approximate surface area is 115 Å². The highest BCUT2D eigenvalue weighted by molar-refractivity contribution is 9.10. The van der Waals surface area contributed by atoms with Crippen LogP contribution in [0.15, 0.2) is 33.7 Å². The Morgan fingerprint density at radius 2 is 2.06 bits per heavy atom. The fourth-order valence-electron chi connectivity index (χ4n) is 1.44. The number of hydrogen-bond acceptors (Lipinski definition) is 2. The van der Waals surface area contributed by atoms with Gasteiger partial charge in [0.15, 0.2) is 5.96 Å². The average Bonchev–Trinajstić information content (AvgIpc) is 2.31. The molecule has 0 aliphatic carbocycles. The number of hydrogen-bond donors (Lipinski definition) is 2. The maximum absolute atomic E-state index is 11.8. The first-order valence-corrected chi connectivity index (χ1v) is 6.32. The molecule has 0 spiro atoms. The second-order valence-electron chi connectivity index (χ2n) is 3.90. The predicted molar refractivity (Wildman–Crippen MR) is 75.9 cm³/mol. The van der Waals surface area contributed by atoms with Crippen LogP contribution in [0.1, 0.15) is 12.0 Å². The summed E-state index contributed by atoms with van der Waals surface area (Å²) < 4.78 is 0.994. The molecular weight excluding hydrogens is 296 g/mol. The van der Waals surface area contributed by atoms with Crippen molar-refractivity contribution in [3.05, 3.63) is 34.3 Å². The van der Waals surface area contributed by atoms with Gasteiger partial charge < -0.3 is 16.4 Å². The highest BCUT2D eigenvalue weighted by atomic mass is 79.9. The Balaban J connectivity index is 2.50. The molecule has 18 heavy (non-hydrogen) atoms. The average molecular weight is 313 g/mol. The van der Waals surface area contributed by atoms with Crippen LogP contribution in [0.4, 0.5) is 0 Å². The lowest BCUT2D eigenvalue weighted by Crippen LogP contribution is -2.28. The lowest BCUT2D eigenvalue weighted by Gasteiger charge is -2.17. The van der Waals surface area contributed by atoms with E-state index in [-0.39, 0.29) is 11.9 Å². The Morgan fingerprint density at radius 3 is 2.67 bits per heavy atom. The number of carbonyl (C=O) groups excluding carboxylic acids is 1. The van der Waals surface area contributed by atoms with Gasteiger partial charge in [0.2, 0.25) is 5.91 Å². The SMILES string of the molecule is CN(Cc1ccccc1Br)C(=O)CCN=C(N)N. The van der Waals surface area contributed by atoms with Crippen LogP contribution >= 0.6 is 15.9 Å². The number of guanidine groups is 1. The maximum atomic E-state index is 11.8. The Bertz CT molecular complexity index is 443. The van der Waals surface area contributed by atoms with Gasteiger partial charge in [0, 0.05) is 24.5 Å². The van der Waals surface area contributed by atoms with Gasteiger partial charge in [-0.1, -0.05) is 34.1 Å². The van der Waals surface area contributed by atoms with Gasteiger partial charge in [-0.15, -0.1) is 0 Å². The molecule has 0 heterocycles. The van der Waals surface area contributed by atoms with Crippen LogP contribution in [0, 0.1) is 0 Å². The van der Waals surface area contributed by atoms with Gasteiger partial charge in [0.05, 0.1) is 6.54 Å². The van der Waals surface area contributed by atoms with Gasteiger partial charge in [-0.3, -0.25) is 9.79 Å². The summed E-state index contributed by atoms with van der Waals surface area (Å²) in [5, 5.41) is 0. The van der Waals surface area contributed by atoms with Crippen molar-refractivity contribution < 1.29 is 4.79 Å². The van der Waals surface area contributed by atoms with E-state index in [4.69, 9.17) is 11.5 Å². The zero-order valence-electron chi connectivity index (χ0n) is 10.3. The fourth-order valence-corrected chi connectivity index (χ4v) is 1.85. The second kappa shape index (κ2) is 7.00. The quantitative estimate of drug-likeness (QED) is 0.630. The number of rotatable bonds is 5. The molecule has 0 fully saturated rings. The molecule has 1 rings (SSSR count). The Hall–Kier alpha value is -1.56. The highest BCUT2D eigenvalue weighted by Gasteiger charge is 2.10. The minimum Gasteiger partial charge on any atom is -0.370 e. The van der Waals surface area contributed by atoms with Crippen LogP contribution in [-0.2, 0) is 11.3 Å². The Kier molecular flexibility index (Phi) is 5.64. The normalized spacial score (nSPS) is 9.89. The molecule has 6 heteroatoms. The van der Waals surface area contributed by atoms with E-state index in [1.165, 1.54) is 0 Å². The van der Waals surface area contributed by atoms with Crippen LogP contribution in [-0.4, -0.2) is 30.4 Å². The molecule has 0 saturated heterocycles. The monoisotopic (exact) mass is 312 g/mol. The highest BCUT2D eigenvalue weighted by Crippen LogP contribution is 2.17. The van der Waals surface area contributed by atoms with Crippen LogP contribution in [0.5, 0.6) is 0 Å². The van der Waals surface area contributed by atoms with Crippen molar-refractivity contribution in [3.63, 3.8) is 0 Å². The number of halogens is 1. The van der Waals surface area contributed by atoms with Crippen molar-refractivity contribution in [3.8, 4) is 0 Å². The standard InChI is InChI=1S/C12H17BrN4O/c1-17(11(18)6-7-16-12(14)15)8-9-4-2-3-5-10(9)13/h2-5H,6-8H2,1H3,(H4,14,15,16). The van der Waals surface area contributed by atoms with Gasteiger partial charge >= 0.3 is 0 Å². The predicted octanol–water partition coefficient (Wildman–Crippen LogP) is 1.07. The third-order valence-electron chi connectivity index (χ3n) is 2.41. The summed E-state index contributed by atoms with van der Waals surface area (Å²) in [5.74, 6) is 0.0204. The number of aliphatic imine (C=N–C) groups is 1. The summed E-state index contributed by atoms with van der Waals surface area (Å²) in [6, 6.07) is 7.81. The van der Waals surface area contributed by atoms with E-state index < -0.39 is 0 Å². The van der Waals surface area contributed by atoms with Crippen LogP contribution in [0.25, 0.3) is 0 Å². The molecule has 0 unspecified atom stereocenters. The first-order chi connectivity index (χ1) is 8.50. The van der Waals surface area contributed by atoms with E-state index in [0.29, 0.717) is 19.5 Å². The van der Waals surface area contributed by atoms with E-state index in [2.05, 4.69) is 20.9 Å². The summed E-state index contributed by atoms with van der Waals surface area (Å²) in [7, 11) is 1.76. The zero-order chi connectivity index (χ0) is 13.5. The third kappa shape index (κ3) is 4.75. The van der Waals surface area contributed by atoms with Crippen LogP contribution in [0.2, 0.25) is 0 Å². The number of nitrogens with zero attached hydrogens (tertiary/aromatic N) is 2. The molecule has 0 saturated carbocycles. The fraction of sp³-hybridized carbons (Fsp3) is 0.333. The topological polar surface area (TPSA) is 84.7 Å². The summed E-state index contributed by atoms with van der Waals surface area (Å²) in [6.07, 6.45) is 0.304. The number of carbonyl (C=O) groups is 1. The van der Waals surface area contributed by atoms with Crippen molar-refractivity contribution in [2.45, 2.75) is 13.0 Å². The van der Waals surface area contributed by atoms with Gasteiger partial charge in [-0.05, 0) is 11.6 Å². The molecule has 0 aliphatic heterocycles. The lowest BCUT2D eigenvalue weighted by atomic mass is 10.2. The molecule has 0 atom stereocenters. The summed E-state index contributed by atoms with van der Waals surface area (Å²) in [4.78, 5) is 17.2. The van der Waals surface area contributed by atoms with Crippen molar-refractivity contribution in [2.24, 2.45) is 16.5 Å². The minimum atomic E-state index is 0.00996. The molecule has 1 aromatic rings. The number of nitrogens with two attached hydrogens (primary N) is 2. The molecule has 0 aliphatic rings. The van der Waals surface area contributed by atoms with Crippen LogP contribution in [0.3, 0.4) is 0 Å². The summed E-state index contributed by atoms with van der Waals surface area (Å²) in [6.45, 7) is 0.879. The molecule has 0 radical (unpaired) electrons. The van der Waals surface area contributed by atoms with E-state index in [9.17, 15) is 4.79 Å². The van der Waals surface area contributed by atoms with Crippen molar-refractivity contribution in [2.75, 3.05) is 13.6 Å². The van der Waals surface area contributed by atoms with E-state index in [0.717, 1.165) is 10.0 Å². The molecule has 0 bridgehead atoms. The number of amides is 1. The first kappa shape index (κ1) is 14.5. The zero-order valence-corrected chi connectivity index (χ0v) is 11.9. The van der Waals surface area contributed by atoms with Crippen molar-refractivity contribution in [1.29, 1.82) is 0 Å². The van der Waals surface area contributed by atoms with Gasteiger partial charge in [-0.2, -0.15) is 0 Å². The smallest absolute Gasteiger partial charge is 0.224 e. The van der Waals surface area contributed by atoms with E-state index in [1.807, 2.05) is 24.3 Å².